The molecule has 0 radical (unpaired) electrons. The second-order valence-corrected chi connectivity index (χ2v) is 4.65. The van der Waals surface area contributed by atoms with E-state index in [1.807, 2.05) is 19.1 Å². The number of methoxy groups -OCH3 is 1. The van der Waals surface area contributed by atoms with Crippen LogP contribution in [0.25, 0.3) is 0 Å². The molecule has 0 aromatic heterocycles. The molecular formula is C14H21NO4. The van der Waals surface area contributed by atoms with Crippen molar-refractivity contribution < 1.29 is 19.3 Å². The van der Waals surface area contributed by atoms with Gasteiger partial charge in [0.25, 0.3) is 0 Å². The molecule has 5 heteroatoms. The van der Waals surface area contributed by atoms with Gasteiger partial charge in [0, 0.05) is 24.1 Å². The molecule has 0 bridgehead atoms. The molecule has 1 aromatic carbocycles. The van der Waals surface area contributed by atoms with E-state index in [0.717, 1.165) is 29.0 Å². The Morgan fingerprint density at radius 3 is 2.95 bits per heavy atom. The lowest BCUT2D eigenvalue weighted by Crippen LogP contribution is -2.18. The molecule has 2 rings (SSSR count). The van der Waals surface area contributed by atoms with Crippen LogP contribution >= 0.6 is 0 Å². The molecule has 0 saturated carbocycles. The monoisotopic (exact) mass is 267 g/mol. The standard InChI is InChI=1S/C14H21NO4/c1-9-5-10-6-13(17-2)11(7-12(10)19-9)14(8-15)18-4-3-16/h6-7,9,14,16H,3-5,8,15H2,1-2H3. The Balaban J connectivity index is 2.30. The number of hydrogen-bond acceptors (Lipinski definition) is 5. The third-order valence-corrected chi connectivity index (χ3v) is 3.22. The summed E-state index contributed by atoms with van der Waals surface area (Å²) in [6.07, 6.45) is 0.771. The highest BCUT2D eigenvalue weighted by molar-refractivity contribution is 5.49. The van der Waals surface area contributed by atoms with Crippen LogP contribution in [0.5, 0.6) is 11.5 Å². The highest BCUT2D eigenvalue weighted by atomic mass is 16.5. The minimum absolute atomic E-state index is 0.0305. The second kappa shape index (κ2) is 6.23. The van der Waals surface area contributed by atoms with Crippen LogP contribution in [-0.4, -0.2) is 38.1 Å². The molecule has 2 unspecified atom stereocenters. The number of aliphatic hydroxyl groups excluding tert-OH is 1. The maximum atomic E-state index is 8.85. The van der Waals surface area contributed by atoms with Gasteiger partial charge in [0.2, 0.25) is 0 Å². The fourth-order valence-electron chi connectivity index (χ4n) is 2.36. The first-order valence-electron chi connectivity index (χ1n) is 6.49. The van der Waals surface area contributed by atoms with Crippen LogP contribution in [0.3, 0.4) is 0 Å². The lowest BCUT2D eigenvalue weighted by atomic mass is 10.0. The van der Waals surface area contributed by atoms with Gasteiger partial charge in [-0.1, -0.05) is 0 Å². The molecule has 0 aliphatic carbocycles. The van der Waals surface area contributed by atoms with Crippen LogP contribution in [0.1, 0.15) is 24.2 Å². The number of benzene rings is 1. The van der Waals surface area contributed by atoms with Crippen molar-refractivity contribution in [2.24, 2.45) is 5.73 Å². The van der Waals surface area contributed by atoms with Gasteiger partial charge in [-0.3, -0.25) is 0 Å². The minimum atomic E-state index is -0.299. The van der Waals surface area contributed by atoms with E-state index in [9.17, 15) is 0 Å². The normalized spacial score (nSPS) is 18.8. The third-order valence-electron chi connectivity index (χ3n) is 3.22. The first-order chi connectivity index (χ1) is 9.19. The van der Waals surface area contributed by atoms with Crippen LogP contribution in [0.2, 0.25) is 0 Å². The Morgan fingerprint density at radius 1 is 1.53 bits per heavy atom. The molecule has 0 spiro atoms. The van der Waals surface area contributed by atoms with Gasteiger partial charge in [-0.05, 0) is 19.1 Å². The lowest BCUT2D eigenvalue weighted by molar-refractivity contribution is 0.0315. The number of nitrogens with two attached hydrogens (primary N) is 1. The van der Waals surface area contributed by atoms with Gasteiger partial charge in [0.05, 0.1) is 26.4 Å². The van der Waals surface area contributed by atoms with E-state index >= 15 is 0 Å². The van der Waals surface area contributed by atoms with Gasteiger partial charge in [-0.15, -0.1) is 0 Å². The molecule has 19 heavy (non-hydrogen) atoms. The summed E-state index contributed by atoms with van der Waals surface area (Å²) >= 11 is 0. The van der Waals surface area contributed by atoms with Gasteiger partial charge in [0.15, 0.2) is 0 Å². The molecule has 3 N–H and O–H groups in total. The summed E-state index contributed by atoms with van der Waals surface area (Å²) in [7, 11) is 1.63. The van der Waals surface area contributed by atoms with Crippen molar-refractivity contribution in [3.63, 3.8) is 0 Å². The van der Waals surface area contributed by atoms with Crippen molar-refractivity contribution in [2.45, 2.75) is 25.6 Å². The Kier molecular flexibility index (Phi) is 4.63. The van der Waals surface area contributed by atoms with Gasteiger partial charge in [-0.25, -0.2) is 0 Å². The molecule has 2 atom stereocenters. The minimum Gasteiger partial charge on any atom is -0.496 e. The van der Waals surface area contributed by atoms with Crippen molar-refractivity contribution in [3.05, 3.63) is 23.3 Å². The molecule has 1 aliphatic rings. The van der Waals surface area contributed by atoms with Crippen LogP contribution in [0.4, 0.5) is 0 Å². The van der Waals surface area contributed by atoms with E-state index in [2.05, 4.69) is 0 Å². The molecule has 0 amide bonds. The van der Waals surface area contributed by atoms with E-state index < -0.39 is 0 Å². The Labute approximate surface area is 113 Å². The van der Waals surface area contributed by atoms with Crippen molar-refractivity contribution in [3.8, 4) is 11.5 Å². The van der Waals surface area contributed by atoms with Crippen molar-refractivity contribution in [2.75, 3.05) is 26.9 Å². The molecule has 1 aromatic rings. The van der Waals surface area contributed by atoms with E-state index in [4.69, 9.17) is 25.1 Å². The van der Waals surface area contributed by atoms with E-state index in [1.165, 1.54) is 0 Å². The summed E-state index contributed by atoms with van der Waals surface area (Å²) in [5.41, 5.74) is 7.75. The van der Waals surface area contributed by atoms with Crippen LogP contribution in [0, 0.1) is 0 Å². The molecule has 5 nitrogen and oxygen atoms in total. The van der Waals surface area contributed by atoms with Crippen molar-refractivity contribution in [1.29, 1.82) is 0 Å². The zero-order chi connectivity index (χ0) is 13.8. The van der Waals surface area contributed by atoms with Gasteiger partial charge in [-0.2, -0.15) is 0 Å². The smallest absolute Gasteiger partial charge is 0.125 e. The number of rotatable bonds is 6. The first kappa shape index (κ1) is 14.1. The Hall–Kier alpha value is -1.30. The van der Waals surface area contributed by atoms with E-state index in [-0.39, 0.29) is 25.4 Å². The SMILES string of the molecule is COc1cc2c(cc1C(CN)OCCO)OC(C)C2. The summed E-state index contributed by atoms with van der Waals surface area (Å²) in [6, 6.07) is 3.92. The highest BCUT2D eigenvalue weighted by Crippen LogP contribution is 2.38. The fourth-order valence-corrected chi connectivity index (χ4v) is 2.36. The molecule has 0 saturated heterocycles. The summed E-state index contributed by atoms with van der Waals surface area (Å²) in [5, 5.41) is 8.85. The molecule has 1 heterocycles. The molecule has 106 valence electrons. The second-order valence-electron chi connectivity index (χ2n) is 4.65. The van der Waals surface area contributed by atoms with E-state index in [1.54, 1.807) is 7.11 Å². The van der Waals surface area contributed by atoms with Gasteiger partial charge >= 0.3 is 0 Å². The van der Waals surface area contributed by atoms with Crippen LogP contribution < -0.4 is 15.2 Å². The molecule has 0 fully saturated rings. The summed E-state index contributed by atoms with van der Waals surface area (Å²) in [4.78, 5) is 0. The van der Waals surface area contributed by atoms with Crippen LogP contribution in [0.15, 0.2) is 12.1 Å². The van der Waals surface area contributed by atoms with E-state index in [0.29, 0.717) is 6.54 Å². The van der Waals surface area contributed by atoms with Crippen molar-refractivity contribution >= 4 is 0 Å². The first-order valence-corrected chi connectivity index (χ1v) is 6.49. The summed E-state index contributed by atoms with van der Waals surface area (Å²) in [6.45, 7) is 2.58. The predicted octanol–water partition coefficient (Wildman–Crippen LogP) is 1.03. The zero-order valence-electron chi connectivity index (χ0n) is 11.4. The topological polar surface area (TPSA) is 73.9 Å². The fraction of sp³-hybridized carbons (Fsp3) is 0.571. The number of ether oxygens (including phenoxy) is 3. The number of aliphatic hydroxyl groups is 1. The van der Waals surface area contributed by atoms with Gasteiger partial charge < -0.3 is 25.1 Å². The maximum Gasteiger partial charge on any atom is 0.125 e. The Morgan fingerprint density at radius 2 is 2.32 bits per heavy atom. The average Bonchev–Trinajstić information content (AvgIpc) is 2.77. The quantitative estimate of drug-likeness (QED) is 0.805. The van der Waals surface area contributed by atoms with Crippen LogP contribution in [-0.2, 0) is 11.2 Å². The molecule has 1 aliphatic heterocycles. The predicted molar refractivity (Wildman–Crippen MR) is 71.6 cm³/mol. The highest BCUT2D eigenvalue weighted by Gasteiger charge is 2.24. The van der Waals surface area contributed by atoms with Crippen molar-refractivity contribution in [1.82, 2.24) is 0 Å². The number of fused-ring (bicyclic) bond motifs is 1. The summed E-state index contributed by atoms with van der Waals surface area (Å²) in [5.74, 6) is 1.62. The number of hydrogen-bond donors (Lipinski definition) is 2. The lowest BCUT2D eigenvalue weighted by Gasteiger charge is -2.19. The van der Waals surface area contributed by atoms with Gasteiger partial charge in [0.1, 0.15) is 17.6 Å². The third kappa shape index (κ3) is 3.00. The summed E-state index contributed by atoms with van der Waals surface area (Å²) < 4.78 is 16.7. The largest absolute Gasteiger partial charge is 0.496 e. The molecular weight excluding hydrogens is 246 g/mol. The average molecular weight is 267 g/mol. The Bertz CT molecular complexity index is 436. The zero-order valence-corrected chi connectivity index (χ0v) is 11.4. The maximum absolute atomic E-state index is 8.85.